The first-order valence-corrected chi connectivity index (χ1v) is 8.02. The zero-order valence-corrected chi connectivity index (χ0v) is 13.6. The van der Waals surface area contributed by atoms with Crippen molar-refractivity contribution in [3.63, 3.8) is 0 Å². The quantitative estimate of drug-likeness (QED) is 0.843. The molecule has 21 heavy (non-hydrogen) atoms. The van der Waals surface area contributed by atoms with Crippen LogP contribution in [0.1, 0.15) is 13.3 Å². The topological polar surface area (TPSA) is 29.5 Å². The standard InChI is InChI=1S/C17H18BrNO2/c1-12-8-9-19(10-12)16(20)11-21-15-7-6-13-4-2-3-5-14(13)17(15)18/h2-7,12H,8-11H2,1H3. The minimum Gasteiger partial charge on any atom is -0.483 e. The molecule has 2 aromatic carbocycles. The van der Waals surface area contributed by atoms with Crippen molar-refractivity contribution in [2.75, 3.05) is 19.7 Å². The third-order valence-electron chi connectivity index (χ3n) is 3.96. The summed E-state index contributed by atoms with van der Waals surface area (Å²) in [5.74, 6) is 1.38. The first-order chi connectivity index (χ1) is 10.1. The molecule has 0 radical (unpaired) electrons. The molecule has 0 saturated carbocycles. The number of carbonyl (C=O) groups excluding carboxylic acids is 1. The fraction of sp³-hybridized carbons (Fsp3) is 0.353. The van der Waals surface area contributed by atoms with Crippen molar-refractivity contribution in [3.8, 4) is 5.75 Å². The lowest BCUT2D eigenvalue weighted by atomic mass is 10.1. The van der Waals surface area contributed by atoms with Crippen LogP contribution in [0.5, 0.6) is 5.75 Å². The number of benzene rings is 2. The van der Waals surface area contributed by atoms with Crippen LogP contribution in [-0.4, -0.2) is 30.5 Å². The van der Waals surface area contributed by atoms with Gasteiger partial charge in [0, 0.05) is 13.1 Å². The van der Waals surface area contributed by atoms with E-state index >= 15 is 0 Å². The molecule has 1 fully saturated rings. The van der Waals surface area contributed by atoms with Crippen LogP contribution < -0.4 is 4.74 Å². The van der Waals surface area contributed by atoms with E-state index in [2.05, 4.69) is 28.9 Å². The molecule has 3 nitrogen and oxygen atoms in total. The molecule has 0 N–H and O–H groups in total. The van der Waals surface area contributed by atoms with E-state index in [1.165, 1.54) is 0 Å². The molecule has 1 heterocycles. The van der Waals surface area contributed by atoms with Gasteiger partial charge < -0.3 is 9.64 Å². The normalized spacial score (nSPS) is 18.2. The number of hydrogen-bond acceptors (Lipinski definition) is 2. The molecule has 2 aromatic rings. The number of carbonyl (C=O) groups is 1. The molecule has 1 amide bonds. The average Bonchev–Trinajstić information content (AvgIpc) is 2.93. The van der Waals surface area contributed by atoms with Gasteiger partial charge in [-0.05, 0) is 45.1 Å². The lowest BCUT2D eigenvalue weighted by Crippen LogP contribution is -2.32. The lowest BCUT2D eigenvalue weighted by Gasteiger charge is -2.17. The largest absolute Gasteiger partial charge is 0.483 e. The smallest absolute Gasteiger partial charge is 0.260 e. The summed E-state index contributed by atoms with van der Waals surface area (Å²) < 4.78 is 6.62. The monoisotopic (exact) mass is 347 g/mol. The van der Waals surface area contributed by atoms with E-state index in [4.69, 9.17) is 4.74 Å². The molecule has 4 heteroatoms. The Morgan fingerprint density at radius 2 is 2.14 bits per heavy atom. The van der Waals surface area contributed by atoms with Crippen molar-refractivity contribution in [1.29, 1.82) is 0 Å². The Morgan fingerprint density at radius 1 is 1.33 bits per heavy atom. The van der Waals surface area contributed by atoms with Crippen molar-refractivity contribution in [1.82, 2.24) is 4.90 Å². The minimum atomic E-state index is 0.0689. The number of halogens is 1. The Balaban J connectivity index is 1.70. The maximum Gasteiger partial charge on any atom is 0.260 e. The van der Waals surface area contributed by atoms with Crippen LogP contribution >= 0.6 is 15.9 Å². The Kier molecular flexibility index (Phi) is 4.15. The van der Waals surface area contributed by atoms with E-state index in [1.54, 1.807) is 0 Å². The van der Waals surface area contributed by atoms with E-state index in [1.807, 2.05) is 35.2 Å². The molecule has 1 atom stereocenters. The number of nitrogens with zero attached hydrogens (tertiary/aromatic N) is 1. The van der Waals surface area contributed by atoms with Crippen molar-refractivity contribution >= 4 is 32.6 Å². The predicted molar refractivity (Wildman–Crippen MR) is 87.5 cm³/mol. The van der Waals surface area contributed by atoms with Crippen LogP contribution in [0.15, 0.2) is 40.9 Å². The van der Waals surface area contributed by atoms with E-state index in [9.17, 15) is 4.79 Å². The van der Waals surface area contributed by atoms with Crippen LogP contribution in [-0.2, 0) is 4.79 Å². The average molecular weight is 348 g/mol. The van der Waals surface area contributed by atoms with Crippen LogP contribution in [0.3, 0.4) is 0 Å². The van der Waals surface area contributed by atoms with Gasteiger partial charge >= 0.3 is 0 Å². The molecule has 0 bridgehead atoms. The molecule has 1 aliphatic rings. The van der Waals surface area contributed by atoms with E-state index in [0.717, 1.165) is 34.8 Å². The number of hydrogen-bond donors (Lipinski definition) is 0. The Morgan fingerprint density at radius 3 is 2.90 bits per heavy atom. The van der Waals surface area contributed by atoms with Gasteiger partial charge in [0.25, 0.3) is 5.91 Å². The second-order valence-corrected chi connectivity index (χ2v) is 6.41. The van der Waals surface area contributed by atoms with Crippen molar-refractivity contribution in [2.24, 2.45) is 5.92 Å². The number of likely N-dealkylation sites (tertiary alicyclic amines) is 1. The van der Waals surface area contributed by atoms with Crippen molar-refractivity contribution < 1.29 is 9.53 Å². The zero-order valence-electron chi connectivity index (χ0n) is 12.0. The second kappa shape index (κ2) is 6.06. The number of amides is 1. The van der Waals surface area contributed by atoms with Gasteiger partial charge in [-0.25, -0.2) is 0 Å². The first kappa shape index (κ1) is 14.4. The van der Waals surface area contributed by atoms with Gasteiger partial charge in [0.05, 0.1) is 4.47 Å². The minimum absolute atomic E-state index is 0.0689. The van der Waals surface area contributed by atoms with Crippen LogP contribution in [0.25, 0.3) is 10.8 Å². The molecule has 0 spiro atoms. The molecule has 1 unspecified atom stereocenters. The molecule has 0 aliphatic carbocycles. The second-order valence-electron chi connectivity index (χ2n) is 5.62. The summed E-state index contributed by atoms with van der Waals surface area (Å²) in [6, 6.07) is 12.0. The van der Waals surface area contributed by atoms with Crippen LogP contribution in [0.2, 0.25) is 0 Å². The molecule has 1 aliphatic heterocycles. The summed E-state index contributed by atoms with van der Waals surface area (Å²) in [5, 5.41) is 2.24. The highest BCUT2D eigenvalue weighted by atomic mass is 79.9. The Bertz CT molecular complexity index is 671. The predicted octanol–water partition coefficient (Wildman–Crippen LogP) is 3.85. The fourth-order valence-corrected chi connectivity index (χ4v) is 3.33. The maximum atomic E-state index is 12.1. The number of rotatable bonds is 3. The van der Waals surface area contributed by atoms with Gasteiger partial charge in [-0.1, -0.05) is 37.3 Å². The van der Waals surface area contributed by atoms with Crippen LogP contribution in [0.4, 0.5) is 0 Å². The molecule has 110 valence electrons. The molecular formula is C17H18BrNO2. The Labute approximate surface area is 133 Å². The van der Waals surface area contributed by atoms with Crippen LogP contribution in [0, 0.1) is 5.92 Å². The summed E-state index contributed by atoms with van der Waals surface area (Å²) in [4.78, 5) is 14.0. The third-order valence-corrected chi connectivity index (χ3v) is 4.77. The molecular weight excluding hydrogens is 330 g/mol. The summed E-state index contributed by atoms with van der Waals surface area (Å²) in [6.45, 7) is 3.97. The van der Waals surface area contributed by atoms with Gasteiger partial charge in [0.1, 0.15) is 5.75 Å². The lowest BCUT2D eigenvalue weighted by molar-refractivity contribution is -0.132. The van der Waals surface area contributed by atoms with E-state index in [0.29, 0.717) is 11.7 Å². The van der Waals surface area contributed by atoms with E-state index in [-0.39, 0.29) is 12.5 Å². The zero-order chi connectivity index (χ0) is 14.8. The molecule has 0 aromatic heterocycles. The van der Waals surface area contributed by atoms with Crippen molar-refractivity contribution in [2.45, 2.75) is 13.3 Å². The van der Waals surface area contributed by atoms with Gasteiger partial charge in [0.15, 0.2) is 6.61 Å². The summed E-state index contributed by atoms with van der Waals surface area (Å²) in [5.41, 5.74) is 0. The Hall–Kier alpha value is -1.55. The van der Waals surface area contributed by atoms with Gasteiger partial charge in [-0.2, -0.15) is 0 Å². The molecule has 1 saturated heterocycles. The van der Waals surface area contributed by atoms with Gasteiger partial charge in [-0.3, -0.25) is 4.79 Å². The number of fused-ring (bicyclic) bond motifs is 1. The first-order valence-electron chi connectivity index (χ1n) is 7.23. The number of ether oxygens (including phenoxy) is 1. The molecule has 3 rings (SSSR count). The van der Waals surface area contributed by atoms with Gasteiger partial charge in [0.2, 0.25) is 0 Å². The summed E-state index contributed by atoms with van der Waals surface area (Å²) in [6.07, 6.45) is 1.09. The highest BCUT2D eigenvalue weighted by molar-refractivity contribution is 9.10. The highest BCUT2D eigenvalue weighted by Crippen LogP contribution is 2.33. The summed E-state index contributed by atoms with van der Waals surface area (Å²) >= 11 is 3.58. The SMILES string of the molecule is CC1CCN(C(=O)COc2ccc3ccccc3c2Br)C1. The van der Waals surface area contributed by atoms with Gasteiger partial charge in [-0.15, -0.1) is 0 Å². The van der Waals surface area contributed by atoms with Crippen molar-refractivity contribution in [3.05, 3.63) is 40.9 Å². The maximum absolute atomic E-state index is 12.1. The third kappa shape index (κ3) is 3.05. The van der Waals surface area contributed by atoms with E-state index < -0.39 is 0 Å². The highest BCUT2D eigenvalue weighted by Gasteiger charge is 2.23. The fourth-order valence-electron chi connectivity index (χ4n) is 2.72. The summed E-state index contributed by atoms with van der Waals surface area (Å²) in [7, 11) is 0.